The Labute approximate surface area is 110 Å². The molecule has 0 spiro atoms. The van der Waals surface area contributed by atoms with Crippen molar-refractivity contribution in [1.29, 1.82) is 5.26 Å². The summed E-state index contributed by atoms with van der Waals surface area (Å²) in [6.07, 6.45) is 0. The van der Waals surface area contributed by atoms with E-state index in [4.69, 9.17) is 14.7 Å². The van der Waals surface area contributed by atoms with Crippen LogP contribution in [0.25, 0.3) is 0 Å². The number of rotatable bonds is 5. The summed E-state index contributed by atoms with van der Waals surface area (Å²) in [4.78, 5) is 23.3. The summed E-state index contributed by atoms with van der Waals surface area (Å²) in [7, 11) is 4.01. The van der Waals surface area contributed by atoms with Crippen molar-refractivity contribution >= 4 is 11.8 Å². The van der Waals surface area contributed by atoms with Crippen LogP contribution < -0.4 is 9.47 Å². The van der Waals surface area contributed by atoms with E-state index >= 15 is 0 Å². The van der Waals surface area contributed by atoms with Gasteiger partial charge in [0.1, 0.15) is 0 Å². The van der Waals surface area contributed by atoms with E-state index in [-0.39, 0.29) is 5.56 Å². The second-order valence-electron chi connectivity index (χ2n) is 3.52. The SMILES string of the molecule is COC(=O)[C@@H](C#N)C(=O)c1ccc(OC)c(OC)c1. The van der Waals surface area contributed by atoms with Gasteiger partial charge in [0.05, 0.1) is 27.4 Å². The smallest absolute Gasteiger partial charge is 0.331 e. The normalized spacial score (nSPS) is 11.1. The van der Waals surface area contributed by atoms with E-state index in [0.717, 1.165) is 7.11 Å². The molecule has 1 atom stereocenters. The maximum Gasteiger partial charge on any atom is 0.331 e. The van der Waals surface area contributed by atoms with E-state index in [0.29, 0.717) is 11.5 Å². The summed E-state index contributed by atoms with van der Waals surface area (Å²) in [5.41, 5.74) is 0.176. The number of Topliss-reactive ketones (excluding diaryl/α,β-unsaturated/α-hetero) is 1. The molecule has 0 saturated heterocycles. The van der Waals surface area contributed by atoms with Gasteiger partial charge < -0.3 is 14.2 Å². The van der Waals surface area contributed by atoms with E-state index in [1.807, 2.05) is 0 Å². The Morgan fingerprint density at radius 2 is 1.79 bits per heavy atom. The minimum absolute atomic E-state index is 0.176. The molecule has 0 aliphatic heterocycles. The maximum atomic E-state index is 12.0. The van der Waals surface area contributed by atoms with E-state index < -0.39 is 17.7 Å². The van der Waals surface area contributed by atoms with E-state index in [1.54, 1.807) is 6.07 Å². The third kappa shape index (κ3) is 3.01. The zero-order valence-electron chi connectivity index (χ0n) is 10.8. The lowest BCUT2D eigenvalue weighted by molar-refractivity contribution is -0.141. The topological polar surface area (TPSA) is 85.6 Å². The number of methoxy groups -OCH3 is 3. The highest BCUT2D eigenvalue weighted by atomic mass is 16.5. The number of nitriles is 1. The number of esters is 1. The lowest BCUT2D eigenvalue weighted by Crippen LogP contribution is -2.24. The van der Waals surface area contributed by atoms with Gasteiger partial charge in [-0.05, 0) is 18.2 Å². The fraction of sp³-hybridized carbons (Fsp3) is 0.308. The van der Waals surface area contributed by atoms with Crippen LogP contribution in [0.1, 0.15) is 10.4 Å². The first-order valence-electron chi connectivity index (χ1n) is 5.32. The van der Waals surface area contributed by atoms with Crippen LogP contribution in [0.15, 0.2) is 18.2 Å². The second-order valence-corrected chi connectivity index (χ2v) is 3.52. The zero-order chi connectivity index (χ0) is 14.4. The maximum absolute atomic E-state index is 12.0. The summed E-state index contributed by atoms with van der Waals surface area (Å²) < 4.78 is 14.5. The Kier molecular flexibility index (Phi) is 4.89. The lowest BCUT2D eigenvalue weighted by atomic mass is 9.98. The van der Waals surface area contributed by atoms with Crippen molar-refractivity contribution < 1.29 is 23.8 Å². The van der Waals surface area contributed by atoms with Crippen molar-refractivity contribution in [3.8, 4) is 17.6 Å². The van der Waals surface area contributed by atoms with Crippen LogP contribution in [0, 0.1) is 17.2 Å². The number of hydrogen-bond acceptors (Lipinski definition) is 6. The van der Waals surface area contributed by atoms with Crippen molar-refractivity contribution in [1.82, 2.24) is 0 Å². The van der Waals surface area contributed by atoms with Crippen LogP contribution in [-0.4, -0.2) is 33.1 Å². The van der Waals surface area contributed by atoms with Crippen molar-refractivity contribution in [3.63, 3.8) is 0 Å². The number of ether oxygens (including phenoxy) is 3. The first-order chi connectivity index (χ1) is 9.08. The van der Waals surface area contributed by atoms with Crippen molar-refractivity contribution in [3.05, 3.63) is 23.8 Å². The summed E-state index contributed by atoms with van der Waals surface area (Å²) in [6.45, 7) is 0. The molecule has 0 fully saturated rings. The number of nitrogens with zero attached hydrogens (tertiary/aromatic N) is 1. The van der Waals surface area contributed by atoms with Gasteiger partial charge in [-0.1, -0.05) is 0 Å². The van der Waals surface area contributed by atoms with E-state index in [2.05, 4.69) is 4.74 Å². The third-order valence-corrected chi connectivity index (χ3v) is 2.50. The first-order valence-corrected chi connectivity index (χ1v) is 5.32. The quantitative estimate of drug-likeness (QED) is 0.450. The standard InChI is InChI=1S/C13H13NO5/c1-17-10-5-4-8(6-11(10)18-2)12(15)9(7-14)13(16)19-3/h4-6,9H,1-3H3/t9-/m0/s1. The molecule has 0 aromatic heterocycles. The number of hydrogen-bond donors (Lipinski definition) is 0. The molecule has 0 aliphatic carbocycles. The van der Waals surface area contributed by atoms with Crippen LogP contribution >= 0.6 is 0 Å². The first kappa shape index (κ1) is 14.5. The number of benzene rings is 1. The minimum Gasteiger partial charge on any atom is -0.493 e. The molecule has 0 unspecified atom stereocenters. The molecule has 1 aromatic carbocycles. The van der Waals surface area contributed by atoms with Gasteiger partial charge >= 0.3 is 5.97 Å². The molecule has 0 amide bonds. The van der Waals surface area contributed by atoms with Crippen LogP contribution in [0.4, 0.5) is 0 Å². The minimum atomic E-state index is -1.48. The average molecular weight is 263 g/mol. The van der Waals surface area contributed by atoms with Crippen LogP contribution in [-0.2, 0) is 9.53 Å². The van der Waals surface area contributed by atoms with Crippen LogP contribution in [0.5, 0.6) is 11.5 Å². The van der Waals surface area contributed by atoms with Crippen LogP contribution in [0.2, 0.25) is 0 Å². The number of carbonyl (C=O) groups is 2. The van der Waals surface area contributed by atoms with Crippen molar-refractivity contribution in [2.75, 3.05) is 21.3 Å². The van der Waals surface area contributed by atoms with Gasteiger partial charge in [0, 0.05) is 5.56 Å². The van der Waals surface area contributed by atoms with Crippen molar-refractivity contribution in [2.24, 2.45) is 5.92 Å². The fourth-order valence-corrected chi connectivity index (χ4v) is 1.49. The Morgan fingerprint density at radius 3 is 2.26 bits per heavy atom. The Balaban J connectivity index is 3.13. The summed E-state index contributed by atoms with van der Waals surface area (Å²) in [5.74, 6) is -2.22. The second kappa shape index (κ2) is 6.40. The lowest BCUT2D eigenvalue weighted by Gasteiger charge is -2.10. The molecule has 0 N–H and O–H groups in total. The number of carbonyl (C=O) groups excluding carboxylic acids is 2. The molecular weight excluding hydrogens is 250 g/mol. The molecule has 6 nitrogen and oxygen atoms in total. The molecule has 0 saturated carbocycles. The molecule has 1 aromatic rings. The zero-order valence-corrected chi connectivity index (χ0v) is 10.8. The van der Waals surface area contributed by atoms with Crippen LogP contribution in [0.3, 0.4) is 0 Å². The summed E-state index contributed by atoms with van der Waals surface area (Å²) in [5, 5.41) is 8.86. The molecule has 1 rings (SSSR count). The molecule has 0 bridgehead atoms. The molecule has 0 radical (unpaired) electrons. The van der Waals surface area contributed by atoms with Gasteiger partial charge in [0.2, 0.25) is 5.92 Å². The average Bonchev–Trinajstić information content (AvgIpc) is 2.46. The summed E-state index contributed by atoms with van der Waals surface area (Å²) >= 11 is 0. The van der Waals surface area contributed by atoms with Gasteiger partial charge in [-0.3, -0.25) is 9.59 Å². The third-order valence-electron chi connectivity index (χ3n) is 2.50. The van der Waals surface area contributed by atoms with E-state index in [1.165, 1.54) is 32.4 Å². The van der Waals surface area contributed by atoms with Crippen molar-refractivity contribution in [2.45, 2.75) is 0 Å². The van der Waals surface area contributed by atoms with Gasteiger partial charge in [-0.25, -0.2) is 0 Å². The Bertz CT molecular complexity index is 532. The molecule has 0 aliphatic rings. The monoisotopic (exact) mass is 263 g/mol. The largest absolute Gasteiger partial charge is 0.493 e. The Morgan fingerprint density at radius 1 is 1.16 bits per heavy atom. The summed E-state index contributed by atoms with van der Waals surface area (Å²) in [6, 6.07) is 6.01. The molecule has 0 heterocycles. The molecule has 100 valence electrons. The molecular formula is C13H13NO5. The van der Waals surface area contributed by atoms with Gasteiger partial charge in [-0.2, -0.15) is 5.26 Å². The highest BCUT2D eigenvalue weighted by Crippen LogP contribution is 2.28. The fourth-order valence-electron chi connectivity index (χ4n) is 1.49. The molecule has 6 heteroatoms. The molecule has 19 heavy (non-hydrogen) atoms. The number of ketones is 1. The predicted octanol–water partition coefficient (Wildman–Crippen LogP) is 1.20. The van der Waals surface area contributed by atoms with Gasteiger partial charge in [0.15, 0.2) is 17.3 Å². The predicted molar refractivity (Wildman–Crippen MR) is 65.0 cm³/mol. The Hall–Kier alpha value is -2.55. The highest BCUT2D eigenvalue weighted by Gasteiger charge is 2.29. The van der Waals surface area contributed by atoms with Gasteiger partial charge in [-0.15, -0.1) is 0 Å². The highest BCUT2D eigenvalue weighted by molar-refractivity contribution is 6.10. The van der Waals surface area contributed by atoms with E-state index in [9.17, 15) is 9.59 Å². The van der Waals surface area contributed by atoms with Gasteiger partial charge in [0.25, 0.3) is 0 Å².